The molecular formula is C12H21N5O. The molecule has 6 nitrogen and oxygen atoms in total. The fourth-order valence-corrected chi connectivity index (χ4v) is 1.70. The molecular weight excluding hydrogens is 230 g/mol. The number of carbonyl (C=O) groups is 1. The van der Waals surface area contributed by atoms with Gasteiger partial charge < -0.3 is 16.0 Å². The van der Waals surface area contributed by atoms with Gasteiger partial charge in [0.2, 0.25) is 0 Å². The molecule has 0 aliphatic rings. The van der Waals surface area contributed by atoms with E-state index in [1.165, 1.54) is 12.4 Å². The van der Waals surface area contributed by atoms with Crippen LogP contribution in [0.2, 0.25) is 0 Å². The molecule has 0 radical (unpaired) electrons. The van der Waals surface area contributed by atoms with Crippen LogP contribution in [-0.4, -0.2) is 46.5 Å². The predicted octanol–water partition coefficient (Wildman–Crippen LogP) is 0.519. The highest BCUT2D eigenvalue weighted by molar-refractivity contribution is 5.92. The van der Waals surface area contributed by atoms with Gasteiger partial charge in [-0.05, 0) is 20.0 Å². The number of hydrogen-bond acceptors (Lipinski definition) is 5. The number of nitrogens with zero attached hydrogens (tertiary/aromatic N) is 3. The molecule has 0 aliphatic heterocycles. The van der Waals surface area contributed by atoms with Gasteiger partial charge in [0.15, 0.2) is 0 Å². The van der Waals surface area contributed by atoms with E-state index in [1.807, 2.05) is 6.92 Å². The highest BCUT2D eigenvalue weighted by atomic mass is 16.1. The Bertz CT molecular complexity index is 392. The third-order valence-electron chi connectivity index (χ3n) is 2.69. The van der Waals surface area contributed by atoms with Crippen LogP contribution in [0.1, 0.15) is 31.3 Å². The van der Waals surface area contributed by atoms with Crippen LogP contribution in [-0.2, 0) is 0 Å². The van der Waals surface area contributed by atoms with Gasteiger partial charge in [-0.3, -0.25) is 9.78 Å². The molecule has 1 amide bonds. The van der Waals surface area contributed by atoms with Crippen LogP contribution in [0.5, 0.6) is 0 Å². The lowest BCUT2D eigenvalue weighted by molar-refractivity contribution is 0.0925. The second kappa shape index (κ2) is 6.90. The van der Waals surface area contributed by atoms with Gasteiger partial charge >= 0.3 is 0 Å². The van der Waals surface area contributed by atoms with Crippen molar-refractivity contribution in [2.45, 2.75) is 26.8 Å². The number of amides is 1. The number of hydrogen-bond donors (Lipinski definition) is 2. The topological polar surface area (TPSA) is 84.1 Å². The Balaban J connectivity index is 2.54. The van der Waals surface area contributed by atoms with Crippen LogP contribution in [0.3, 0.4) is 0 Å². The number of nitrogen functional groups attached to an aromatic ring is 1. The second-order valence-corrected chi connectivity index (χ2v) is 4.19. The summed E-state index contributed by atoms with van der Waals surface area (Å²) < 4.78 is 0. The molecule has 0 saturated heterocycles. The maximum Gasteiger partial charge on any atom is 0.271 e. The first-order chi connectivity index (χ1) is 8.56. The highest BCUT2D eigenvalue weighted by Gasteiger charge is 2.13. The smallest absolute Gasteiger partial charge is 0.271 e. The molecule has 0 aromatic carbocycles. The molecule has 1 aromatic rings. The Labute approximate surface area is 108 Å². The summed E-state index contributed by atoms with van der Waals surface area (Å²) in [4.78, 5) is 21.9. The van der Waals surface area contributed by atoms with Gasteiger partial charge in [-0.2, -0.15) is 0 Å². The monoisotopic (exact) mass is 251 g/mol. The van der Waals surface area contributed by atoms with E-state index in [0.717, 1.165) is 19.6 Å². The molecule has 0 bridgehead atoms. The normalized spacial score (nSPS) is 12.4. The second-order valence-electron chi connectivity index (χ2n) is 4.19. The van der Waals surface area contributed by atoms with E-state index >= 15 is 0 Å². The van der Waals surface area contributed by atoms with E-state index in [4.69, 9.17) is 5.73 Å². The minimum atomic E-state index is -0.241. The lowest BCUT2D eigenvalue weighted by atomic mass is 10.3. The van der Waals surface area contributed by atoms with Crippen molar-refractivity contribution in [1.82, 2.24) is 20.2 Å². The molecule has 1 atom stereocenters. The molecule has 1 unspecified atom stereocenters. The Morgan fingerprint density at radius 2 is 2.11 bits per heavy atom. The van der Waals surface area contributed by atoms with Crippen LogP contribution >= 0.6 is 0 Å². The fourth-order valence-electron chi connectivity index (χ4n) is 1.70. The van der Waals surface area contributed by atoms with Crippen molar-refractivity contribution in [3.8, 4) is 0 Å². The number of anilines is 1. The van der Waals surface area contributed by atoms with Crippen LogP contribution in [0.15, 0.2) is 12.4 Å². The van der Waals surface area contributed by atoms with Crippen molar-refractivity contribution in [2.75, 3.05) is 25.4 Å². The summed E-state index contributed by atoms with van der Waals surface area (Å²) in [6.07, 6.45) is 2.83. The Morgan fingerprint density at radius 1 is 1.44 bits per heavy atom. The Kier molecular flexibility index (Phi) is 5.51. The molecule has 1 aromatic heterocycles. The quantitative estimate of drug-likeness (QED) is 0.770. The average molecular weight is 251 g/mol. The van der Waals surface area contributed by atoms with Crippen molar-refractivity contribution < 1.29 is 4.79 Å². The Hall–Kier alpha value is -1.69. The van der Waals surface area contributed by atoms with Crippen molar-refractivity contribution in [3.05, 3.63) is 18.1 Å². The number of carbonyl (C=O) groups excluding carboxylic acids is 1. The summed E-state index contributed by atoms with van der Waals surface area (Å²) in [6.45, 7) is 8.91. The summed E-state index contributed by atoms with van der Waals surface area (Å²) in [5.74, 6) is 0.00787. The lowest BCUT2D eigenvalue weighted by Gasteiger charge is -2.23. The van der Waals surface area contributed by atoms with Gasteiger partial charge in [-0.1, -0.05) is 13.8 Å². The number of aromatic nitrogens is 2. The standard InChI is InChI=1S/C12H21N5O/c1-4-17(5-2)8-9(3)15-12(18)10-6-14-7-11(13)16-10/h6-7,9H,4-5,8H2,1-3H3,(H2,13,16)(H,15,18). The van der Waals surface area contributed by atoms with Gasteiger partial charge in [0, 0.05) is 12.6 Å². The lowest BCUT2D eigenvalue weighted by Crippen LogP contribution is -2.42. The molecule has 18 heavy (non-hydrogen) atoms. The van der Waals surface area contributed by atoms with E-state index < -0.39 is 0 Å². The summed E-state index contributed by atoms with van der Waals surface area (Å²) >= 11 is 0. The molecule has 1 rings (SSSR count). The van der Waals surface area contributed by atoms with Gasteiger partial charge in [0.1, 0.15) is 11.5 Å². The van der Waals surface area contributed by atoms with E-state index in [0.29, 0.717) is 0 Å². The van der Waals surface area contributed by atoms with E-state index in [2.05, 4.69) is 34.0 Å². The number of nitrogens with one attached hydrogen (secondary N) is 1. The zero-order chi connectivity index (χ0) is 13.5. The minimum Gasteiger partial charge on any atom is -0.382 e. The summed E-state index contributed by atoms with van der Waals surface area (Å²) in [5.41, 5.74) is 5.74. The molecule has 3 N–H and O–H groups in total. The zero-order valence-corrected chi connectivity index (χ0v) is 11.2. The van der Waals surface area contributed by atoms with Crippen molar-refractivity contribution in [3.63, 3.8) is 0 Å². The molecule has 0 saturated carbocycles. The van der Waals surface area contributed by atoms with Crippen molar-refractivity contribution in [1.29, 1.82) is 0 Å². The third-order valence-corrected chi connectivity index (χ3v) is 2.69. The van der Waals surface area contributed by atoms with E-state index in [9.17, 15) is 4.79 Å². The van der Waals surface area contributed by atoms with E-state index in [-0.39, 0.29) is 23.5 Å². The van der Waals surface area contributed by atoms with Gasteiger partial charge in [0.25, 0.3) is 5.91 Å². The van der Waals surface area contributed by atoms with E-state index in [1.54, 1.807) is 0 Å². The van der Waals surface area contributed by atoms with Crippen LogP contribution in [0, 0.1) is 0 Å². The van der Waals surface area contributed by atoms with Crippen LogP contribution < -0.4 is 11.1 Å². The SMILES string of the molecule is CCN(CC)CC(C)NC(=O)c1cncc(N)n1. The molecule has 6 heteroatoms. The van der Waals surface area contributed by atoms with Gasteiger partial charge in [0.05, 0.1) is 12.4 Å². The number of nitrogens with two attached hydrogens (primary N) is 1. The summed E-state index contributed by atoms with van der Waals surface area (Å²) in [7, 11) is 0. The number of likely N-dealkylation sites (N-methyl/N-ethyl adjacent to an activating group) is 1. The van der Waals surface area contributed by atoms with Gasteiger partial charge in [-0.25, -0.2) is 4.98 Å². The maximum absolute atomic E-state index is 11.9. The number of rotatable bonds is 6. The average Bonchev–Trinajstić information content (AvgIpc) is 2.35. The molecule has 0 aliphatic carbocycles. The molecule has 1 heterocycles. The molecule has 0 spiro atoms. The Morgan fingerprint density at radius 3 is 2.67 bits per heavy atom. The summed E-state index contributed by atoms with van der Waals surface area (Å²) in [5, 5.41) is 2.88. The van der Waals surface area contributed by atoms with Crippen LogP contribution in [0.25, 0.3) is 0 Å². The van der Waals surface area contributed by atoms with Gasteiger partial charge in [-0.15, -0.1) is 0 Å². The minimum absolute atomic E-state index is 0.0561. The first-order valence-corrected chi connectivity index (χ1v) is 6.17. The summed E-state index contributed by atoms with van der Waals surface area (Å²) in [6, 6.07) is 0.0561. The first kappa shape index (κ1) is 14.4. The first-order valence-electron chi connectivity index (χ1n) is 6.17. The maximum atomic E-state index is 11.9. The molecule has 0 fully saturated rings. The third kappa shape index (κ3) is 4.29. The zero-order valence-electron chi connectivity index (χ0n) is 11.2. The van der Waals surface area contributed by atoms with Crippen molar-refractivity contribution >= 4 is 11.7 Å². The van der Waals surface area contributed by atoms with Crippen molar-refractivity contribution in [2.24, 2.45) is 0 Å². The molecule has 100 valence electrons. The predicted molar refractivity (Wildman–Crippen MR) is 71.2 cm³/mol. The highest BCUT2D eigenvalue weighted by Crippen LogP contribution is 1.99. The largest absolute Gasteiger partial charge is 0.382 e. The van der Waals surface area contributed by atoms with Crippen LogP contribution in [0.4, 0.5) is 5.82 Å². The fraction of sp³-hybridized carbons (Fsp3) is 0.583.